The van der Waals surface area contributed by atoms with E-state index in [1.807, 2.05) is 60.7 Å². The summed E-state index contributed by atoms with van der Waals surface area (Å²) in [6.45, 7) is 1.88. The molecule has 0 heterocycles. The maximum absolute atomic E-state index is 12.8. The van der Waals surface area contributed by atoms with Gasteiger partial charge in [0.2, 0.25) is 0 Å². The normalized spacial score (nSPS) is 11.2. The first-order valence-electron chi connectivity index (χ1n) is 12.7. The summed E-state index contributed by atoms with van der Waals surface area (Å²) in [6.07, 6.45) is 0.00533. The molecule has 0 bridgehead atoms. The van der Waals surface area contributed by atoms with E-state index in [0.29, 0.717) is 30.3 Å². The maximum atomic E-state index is 12.8. The highest BCUT2D eigenvalue weighted by molar-refractivity contribution is 5.97. The summed E-state index contributed by atoms with van der Waals surface area (Å²) >= 11 is 0. The zero-order chi connectivity index (χ0) is 28.3. The molecule has 0 saturated carbocycles. The van der Waals surface area contributed by atoms with Crippen molar-refractivity contribution < 1.29 is 33.7 Å². The van der Waals surface area contributed by atoms with Crippen molar-refractivity contribution in [1.29, 1.82) is 0 Å². The molecule has 0 unspecified atom stereocenters. The van der Waals surface area contributed by atoms with Gasteiger partial charge in [-0.3, -0.25) is 9.59 Å². The predicted octanol–water partition coefficient (Wildman–Crippen LogP) is 5.20. The third-order valence-corrected chi connectivity index (χ3v) is 5.88. The van der Waals surface area contributed by atoms with E-state index < -0.39 is 23.9 Å². The Morgan fingerprint density at radius 2 is 1.35 bits per heavy atom. The van der Waals surface area contributed by atoms with E-state index in [1.165, 1.54) is 25.1 Å². The molecule has 8 nitrogen and oxygen atoms in total. The first-order chi connectivity index (χ1) is 19.4. The fourth-order valence-corrected chi connectivity index (χ4v) is 3.93. The van der Waals surface area contributed by atoms with E-state index in [-0.39, 0.29) is 17.7 Å². The minimum absolute atomic E-state index is 0.00533. The van der Waals surface area contributed by atoms with Gasteiger partial charge in [-0.05, 0) is 47.0 Å². The SMILES string of the molecule is CC(=O)Oc1cccc(C(=O)N[C@H](Cc2ccc(OCc3ccccc3)c(OCc3ccccc3)c2)C(=O)O)c1. The van der Waals surface area contributed by atoms with Crippen LogP contribution in [0.25, 0.3) is 0 Å². The maximum Gasteiger partial charge on any atom is 0.326 e. The summed E-state index contributed by atoms with van der Waals surface area (Å²) < 4.78 is 17.1. The Kier molecular flexibility index (Phi) is 9.50. The molecule has 0 aromatic heterocycles. The van der Waals surface area contributed by atoms with Crippen molar-refractivity contribution in [3.63, 3.8) is 0 Å². The molecule has 0 fully saturated rings. The molecule has 204 valence electrons. The molecule has 2 N–H and O–H groups in total. The van der Waals surface area contributed by atoms with Gasteiger partial charge >= 0.3 is 11.9 Å². The lowest BCUT2D eigenvalue weighted by Crippen LogP contribution is -2.42. The number of ether oxygens (including phenoxy) is 3. The van der Waals surface area contributed by atoms with Crippen LogP contribution in [0.4, 0.5) is 0 Å². The smallest absolute Gasteiger partial charge is 0.326 e. The Morgan fingerprint density at radius 3 is 1.95 bits per heavy atom. The fraction of sp³-hybridized carbons (Fsp3) is 0.156. The van der Waals surface area contributed by atoms with Gasteiger partial charge < -0.3 is 24.6 Å². The van der Waals surface area contributed by atoms with E-state index >= 15 is 0 Å². The molecule has 0 aliphatic rings. The minimum atomic E-state index is -1.22. The van der Waals surface area contributed by atoms with Crippen LogP contribution in [0.5, 0.6) is 17.2 Å². The predicted molar refractivity (Wildman–Crippen MR) is 148 cm³/mol. The van der Waals surface area contributed by atoms with Crippen LogP contribution in [0.15, 0.2) is 103 Å². The summed E-state index contributed by atoms with van der Waals surface area (Å²) in [6, 6.07) is 29.3. The van der Waals surface area contributed by atoms with Gasteiger partial charge in [-0.2, -0.15) is 0 Å². The number of nitrogens with one attached hydrogen (secondary N) is 1. The van der Waals surface area contributed by atoms with E-state index in [1.54, 1.807) is 24.3 Å². The molecule has 1 atom stereocenters. The average Bonchev–Trinajstić information content (AvgIpc) is 2.96. The van der Waals surface area contributed by atoms with Gasteiger partial charge in [-0.1, -0.05) is 72.8 Å². The van der Waals surface area contributed by atoms with Gasteiger partial charge in [-0.25, -0.2) is 4.79 Å². The number of carboxylic acid groups (broad SMARTS) is 1. The van der Waals surface area contributed by atoms with Gasteiger partial charge in [0.25, 0.3) is 5.91 Å². The second-order valence-electron chi connectivity index (χ2n) is 9.02. The van der Waals surface area contributed by atoms with Crippen molar-refractivity contribution in [2.45, 2.75) is 32.6 Å². The van der Waals surface area contributed by atoms with Crippen LogP contribution in [0, 0.1) is 0 Å². The van der Waals surface area contributed by atoms with E-state index in [0.717, 1.165) is 11.1 Å². The number of amides is 1. The third-order valence-electron chi connectivity index (χ3n) is 5.88. The summed E-state index contributed by atoms with van der Waals surface area (Å²) in [5.74, 6) is -1.16. The molecule has 0 spiro atoms. The van der Waals surface area contributed by atoms with Crippen LogP contribution in [-0.2, 0) is 29.2 Å². The van der Waals surface area contributed by atoms with Gasteiger partial charge in [0.1, 0.15) is 25.0 Å². The number of hydrogen-bond acceptors (Lipinski definition) is 6. The van der Waals surface area contributed by atoms with Crippen molar-refractivity contribution in [2.75, 3.05) is 0 Å². The lowest BCUT2D eigenvalue weighted by atomic mass is 10.0. The van der Waals surface area contributed by atoms with Crippen molar-refractivity contribution in [2.24, 2.45) is 0 Å². The van der Waals surface area contributed by atoms with Gasteiger partial charge in [0, 0.05) is 18.9 Å². The van der Waals surface area contributed by atoms with Gasteiger partial charge in [0.15, 0.2) is 11.5 Å². The summed E-state index contributed by atoms with van der Waals surface area (Å²) in [5, 5.41) is 12.4. The molecule has 4 aromatic carbocycles. The largest absolute Gasteiger partial charge is 0.485 e. The van der Waals surface area contributed by atoms with Crippen LogP contribution in [0.1, 0.15) is 34.0 Å². The third kappa shape index (κ3) is 8.19. The van der Waals surface area contributed by atoms with Crippen molar-refractivity contribution >= 4 is 17.8 Å². The Balaban J connectivity index is 1.51. The molecular formula is C32H29NO7. The Bertz CT molecular complexity index is 1450. The first-order valence-corrected chi connectivity index (χ1v) is 12.7. The Labute approximate surface area is 232 Å². The number of carbonyl (C=O) groups excluding carboxylic acids is 2. The summed E-state index contributed by atoms with van der Waals surface area (Å²) in [4.78, 5) is 36.1. The van der Waals surface area contributed by atoms with Crippen LogP contribution < -0.4 is 19.5 Å². The van der Waals surface area contributed by atoms with Gasteiger partial charge in [0.05, 0.1) is 0 Å². The van der Waals surface area contributed by atoms with Crippen molar-refractivity contribution in [3.8, 4) is 17.2 Å². The van der Waals surface area contributed by atoms with E-state index in [2.05, 4.69) is 5.32 Å². The number of rotatable bonds is 12. The highest BCUT2D eigenvalue weighted by Gasteiger charge is 2.22. The number of aliphatic carboxylic acids is 1. The minimum Gasteiger partial charge on any atom is -0.485 e. The molecule has 0 radical (unpaired) electrons. The molecule has 0 saturated heterocycles. The molecule has 1 amide bonds. The van der Waals surface area contributed by atoms with Crippen molar-refractivity contribution in [3.05, 3.63) is 125 Å². The zero-order valence-corrected chi connectivity index (χ0v) is 21.9. The summed E-state index contributed by atoms with van der Waals surface area (Å²) in [5.41, 5.74) is 2.76. The molecule has 4 rings (SSSR count). The number of benzene rings is 4. The number of esters is 1. The summed E-state index contributed by atoms with van der Waals surface area (Å²) in [7, 11) is 0. The highest BCUT2D eigenvalue weighted by Crippen LogP contribution is 2.31. The number of carboxylic acids is 1. The first kappa shape index (κ1) is 27.9. The number of hydrogen-bond donors (Lipinski definition) is 2. The molecule has 40 heavy (non-hydrogen) atoms. The van der Waals surface area contributed by atoms with E-state index in [9.17, 15) is 19.5 Å². The molecule has 4 aromatic rings. The Hall–Kier alpha value is -5.11. The van der Waals surface area contributed by atoms with Crippen molar-refractivity contribution in [1.82, 2.24) is 5.32 Å². The Morgan fingerprint density at radius 1 is 0.725 bits per heavy atom. The van der Waals surface area contributed by atoms with Crippen LogP contribution in [-0.4, -0.2) is 29.0 Å². The monoisotopic (exact) mass is 539 g/mol. The molecule has 0 aliphatic carbocycles. The standard InChI is InChI=1S/C32H29NO7/c1-22(34)40-27-14-8-13-26(19-27)31(35)33-28(32(36)37)17-25-15-16-29(38-20-23-9-4-2-5-10-23)30(18-25)39-21-24-11-6-3-7-12-24/h2-16,18-19,28H,17,20-21H2,1H3,(H,33,35)(H,36,37)/t28-/m1/s1. The molecular weight excluding hydrogens is 510 g/mol. The topological polar surface area (TPSA) is 111 Å². The van der Waals surface area contributed by atoms with E-state index in [4.69, 9.17) is 14.2 Å². The zero-order valence-electron chi connectivity index (χ0n) is 21.9. The van der Waals surface area contributed by atoms with Crippen LogP contribution in [0.2, 0.25) is 0 Å². The second-order valence-corrected chi connectivity index (χ2v) is 9.02. The van der Waals surface area contributed by atoms with Gasteiger partial charge in [-0.15, -0.1) is 0 Å². The molecule has 0 aliphatic heterocycles. The highest BCUT2D eigenvalue weighted by atomic mass is 16.5. The average molecular weight is 540 g/mol. The second kappa shape index (κ2) is 13.6. The van der Waals surface area contributed by atoms with Crippen LogP contribution in [0.3, 0.4) is 0 Å². The van der Waals surface area contributed by atoms with Crippen LogP contribution >= 0.6 is 0 Å². The quantitative estimate of drug-likeness (QED) is 0.188. The molecule has 8 heteroatoms. The lowest BCUT2D eigenvalue weighted by molar-refractivity contribution is -0.139. The number of carbonyl (C=O) groups is 3. The lowest BCUT2D eigenvalue weighted by Gasteiger charge is -2.18. The fourth-order valence-electron chi connectivity index (χ4n) is 3.93.